The van der Waals surface area contributed by atoms with Gasteiger partial charge in [-0.1, -0.05) is 18.2 Å². The summed E-state index contributed by atoms with van der Waals surface area (Å²) in [5.74, 6) is -1.73. The molecular weight excluding hydrogens is 448 g/mol. The van der Waals surface area contributed by atoms with Crippen molar-refractivity contribution in [3.05, 3.63) is 53.1 Å². The van der Waals surface area contributed by atoms with E-state index in [9.17, 15) is 36.4 Å². The summed E-state index contributed by atoms with van der Waals surface area (Å²) in [7, 11) is 0. The number of alkyl halides is 6. The minimum absolute atomic E-state index is 0.125. The van der Waals surface area contributed by atoms with Crippen molar-refractivity contribution in [2.75, 3.05) is 6.61 Å². The van der Waals surface area contributed by atoms with Gasteiger partial charge in [-0.05, 0) is 36.9 Å². The van der Waals surface area contributed by atoms with E-state index < -0.39 is 58.1 Å². The van der Waals surface area contributed by atoms with Crippen LogP contribution in [0.4, 0.5) is 26.3 Å². The molecule has 0 radical (unpaired) electrons. The van der Waals surface area contributed by atoms with Gasteiger partial charge < -0.3 is 10.1 Å². The topological polar surface area (TPSA) is 85.9 Å². The molecule has 0 saturated heterocycles. The van der Waals surface area contributed by atoms with E-state index in [0.717, 1.165) is 31.2 Å². The van der Waals surface area contributed by atoms with E-state index in [1.165, 1.54) is 6.08 Å². The average Bonchev–Trinajstić information content (AvgIpc) is 3.11. The number of amides is 1. The predicted molar refractivity (Wildman–Crippen MR) is 98.5 cm³/mol. The Bertz CT molecular complexity index is 1000. The quantitative estimate of drug-likeness (QED) is 0.632. The molecule has 1 amide bonds. The Morgan fingerprint density at radius 3 is 2.45 bits per heavy atom. The summed E-state index contributed by atoms with van der Waals surface area (Å²) in [5.41, 5.74) is -8.08. The maximum atomic E-state index is 13.2. The minimum Gasteiger partial charge on any atom is -0.489 e. The molecule has 0 aromatic heterocycles. The highest BCUT2D eigenvalue weighted by molar-refractivity contribution is 8.01. The zero-order valence-electron chi connectivity index (χ0n) is 15.6. The van der Waals surface area contributed by atoms with Crippen LogP contribution in [0.5, 0.6) is 5.75 Å². The number of carbonyl (C=O) groups excluding carboxylic acids is 1. The second kappa shape index (κ2) is 8.94. The number of hydrogen-bond donors (Lipinski definition) is 1. The van der Waals surface area contributed by atoms with Crippen molar-refractivity contribution in [2.45, 2.75) is 29.4 Å². The van der Waals surface area contributed by atoms with Crippen molar-refractivity contribution in [1.29, 1.82) is 10.5 Å². The molecule has 1 aromatic rings. The largest absolute Gasteiger partial charge is 0.489 e. The maximum absolute atomic E-state index is 13.2. The summed E-state index contributed by atoms with van der Waals surface area (Å²) in [6, 6.07) is 5.75. The van der Waals surface area contributed by atoms with Gasteiger partial charge in [0.25, 0.3) is 0 Å². The molecule has 1 aliphatic carbocycles. The van der Waals surface area contributed by atoms with Gasteiger partial charge in [-0.15, -0.1) is 0 Å². The average molecular weight is 461 g/mol. The Morgan fingerprint density at radius 2 is 1.90 bits per heavy atom. The fourth-order valence-electron chi connectivity index (χ4n) is 2.50. The van der Waals surface area contributed by atoms with Gasteiger partial charge in [0.15, 0.2) is 5.54 Å². The van der Waals surface area contributed by atoms with Crippen molar-refractivity contribution < 1.29 is 35.9 Å². The highest BCUT2D eigenvalue weighted by Crippen LogP contribution is 2.39. The molecule has 164 valence electrons. The molecule has 0 fully saturated rings. The first-order valence-corrected chi connectivity index (χ1v) is 9.27. The lowest BCUT2D eigenvalue weighted by Crippen LogP contribution is -2.50. The minimum atomic E-state index is -4.81. The molecule has 0 saturated carbocycles. The van der Waals surface area contributed by atoms with Gasteiger partial charge in [0, 0.05) is 5.57 Å². The Balaban J connectivity index is 2.17. The first kappa shape index (κ1) is 24.2. The monoisotopic (exact) mass is 461 g/mol. The number of allylic oxidation sites excluding steroid dienone is 2. The number of nitrogens with zero attached hydrogens (tertiary/aromatic N) is 2. The van der Waals surface area contributed by atoms with Crippen LogP contribution >= 0.6 is 11.8 Å². The normalized spacial score (nSPS) is 17.8. The second-order valence-electron chi connectivity index (χ2n) is 6.50. The summed E-state index contributed by atoms with van der Waals surface area (Å²) in [4.78, 5) is 12.4. The lowest BCUT2D eigenvalue weighted by molar-refractivity contribution is -0.139. The van der Waals surface area contributed by atoms with Gasteiger partial charge in [0.1, 0.15) is 12.4 Å². The smallest absolute Gasteiger partial charge is 0.442 e. The van der Waals surface area contributed by atoms with Crippen LogP contribution in [0.3, 0.4) is 0 Å². The second-order valence-corrected chi connectivity index (χ2v) is 7.70. The van der Waals surface area contributed by atoms with Gasteiger partial charge in [0.2, 0.25) is 5.91 Å². The zero-order chi connectivity index (χ0) is 23.4. The van der Waals surface area contributed by atoms with E-state index in [-0.39, 0.29) is 11.1 Å². The first-order chi connectivity index (χ1) is 14.3. The van der Waals surface area contributed by atoms with Crippen LogP contribution in [0.15, 0.2) is 42.0 Å². The van der Waals surface area contributed by atoms with E-state index >= 15 is 0 Å². The van der Waals surface area contributed by atoms with Gasteiger partial charge >= 0.3 is 11.7 Å². The van der Waals surface area contributed by atoms with Crippen LogP contribution in [-0.2, 0) is 11.0 Å². The van der Waals surface area contributed by atoms with Crippen LogP contribution < -0.4 is 10.1 Å². The molecule has 1 N–H and O–H groups in total. The number of hydrogen-bond acceptors (Lipinski definition) is 5. The third-order valence-corrected chi connectivity index (χ3v) is 4.89. The van der Waals surface area contributed by atoms with Crippen LogP contribution in [0.25, 0.3) is 0 Å². The molecular formula is C19H13F6N3O2S. The number of carbonyl (C=O) groups is 1. The van der Waals surface area contributed by atoms with E-state index in [2.05, 4.69) is 5.32 Å². The third kappa shape index (κ3) is 6.43. The van der Waals surface area contributed by atoms with E-state index in [1.54, 1.807) is 12.1 Å². The SMILES string of the molecule is CC(C#N)(COc1cc(C#N)ccc1C(F)(F)F)NC(=O)C1=CC=CC1SC(F)(F)F. The lowest BCUT2D eigenvalue weighted by atomic mass is 10.0. The molecule has 5 nitrogen and oxygen atoms in total. The highest BCUT2D eigenvalue weighted by Gasteiger charge is 2.39. The first-order valence-electron chi connectivity index (χ1n) is 8.39. The molecule has 0 aliphatic heterocycles. The third-order valence-electron chi connectivity index (χ3n) is 3.96. The van der Waals surface area contributed by atoms with E-state index in [0.29, 0.717) is 6.07 Å². The lowest BCUT2D eigenvalue weighted by Gasteiger charge is -2.26. The van der Waals surface area contributed by atoms with Gasteiger partial charge in [0.05, 0.1) is 28.5 Å². The van der Waals surface area contributed by atoms with Gasteiger partial charge in [-0.25, -0.2) is 0 Å². The Labute approximate surface area is 177 Å². The molecule has 1 aliphatic rings. The number of ether oxygens (including phenoxy) is 1. The van der Waals surface area contributed by atoms with Gasteiger partial charge in [-0.3, -0.25) is 4.79 Å². The number of rotatable bonds is 6. The van der Waals surface area contributed by atoms with Crippen molar-refractivity contribution in [3.63, 3.8) is 0 Å². The van der Waals surface area contributed by atoms with Crippen LogP contribution in [0, 0.1) is 22.7 Å². The summed E-state index contributed by atoms with van der Waals surface area (Å²) in [6.07, 6.45) is -1.26. The van der Waals surface area contributed by atoms with Crippen LogP contribution in [-0.4, -0.2) is 28.8 Å². The van der Waals surface area contributed by atoms with Crippen LogP contribution in [0.2, 0.25) is 0 Å². The molecule has 1 aromatic carbocycles. The van der Waals surface area contributed by atoms with E-state index in [4.69, 9.17) is 10.00 Å². The van der Waals surface area contributed by atoms with Crippen molar-refractivity contribution in [2.24, 2.45) is 0 Å². The molecule has 31 heavy (non-hydrogen) atoms. The number of halogens is 6. The number of thioether (sulfide) groups is 1. The molecule has 2 unspecified atom stereocenters. The number of benzene rings is 1. The molecule has 12 heteroatoms. The summed E-state index contributed by atoms with van der Waals surface area (Å²) in [5, 5.41) is 19.2. The predicted octanol–water partition coefficient (Wildman–Crippen LogP) is 4.47. The zero-order valence-corrected chi connectivity index (χ0v) is 16.5. The van der Waals surface area contributed by atoms with Crippen molar-refractivity contribution in [3.8, 4) is 17.9 Å². The summed E-state index contributed by atoms with van der Waals surface area (Å²) >= 11 is -0.432. The van der Waals surface area contributed by atoms with Crippen molar-refractivity contribution in [1.82, 2.24) is 5.32 Å². The van der Waals surface area contributed by atoms with Crippen molar-refractivity contribution >= 4 is 17.7 Å². The summed E-state index contributed by atoms with van der Waals surface area (Å²) in [6.45, 7) is 0.381. The standard InChI is InChI=1S/C19H13F6N3O2S/c1-17(9-27,28-16(29)12-3-2-4-15(12)31-19(23,24)25)10-30-14-7-11(8-26)5-6-13(14)18(20,21)22/h2-7,15H,10H2,1H3,(H,28,29). The molecule has 0 spiro atoms. The number of nitrogens with one attached hydrogen (secondary N) is 1. The molecule has 2 rings (SSSR count). The Morgan fingerprint density at radius 1 is 1.23 bits per heavy atom. The van der Waals surface area contributed by atoms with Gasteiger partial charge in [-0.2, -0.15) is 36.9 Å². The molecule has 0 bridgehead atoms. The Hall–Kier alpha value is -3.12. The fraction of sp³-hybridized carbons (Fsp3) is 0.316. The molecule has 2 atom stereocenters. The van der Waals surface area contributed by atoms with Crippen LogP contribution in [0.1, 0.15) is 18.1 Å². The number of nitriles is 2. The van der Waals surface area contributed by atoms with E-state index in [1.807, 2.05) is 0 Å². The summed E-state index contributed by atoms with van der Waals surface area (Å²) < 4.78 is 82.5. The fourth-order valence-corrected chi connectivity index (χ4v) is 3.27. The maximum Gasteiger partial charge on any atom is 0.442 e. The Kier molecular flexibility index (Phi) is 6.96. The molecule has 0 heterocycles. The highest BCUT2D eigenvalue weighted by atomic mass is 32.2.